The monoisotopic (exact) mass is 463 g/mol. The molecule has 0 aliphatic carbocycles. The number of benzene rings is 1. The summed E-state index contributed by atoms with van der Waals surface area (Å²) in [5.41, 5.74) is -3.87. The Hall–Kier alpha value is -1.92. The van der Waals surface area contributed by atoms with Gasteiger partial charge in [-0.1, -0.05) is 5.22 Å². The maximum absolute atomic E-state index is 13.5. The van der Waals surface area contributed by atoms with Crippen LogP contribution in [0.5, 0.6) is 0 Å². The van der Waals surface area contributed by atoms with E-state index in [4.69, 9.17) is 4.74 Å². The van der Waals surface area contributed by atoms with Crippen molar-refractivity contribution in [1.82, 2.24) is 9.80 Å². The third kappa shape index (κ3) is 3.29. The highest BCUT2D eigenvalue weighted by Crippen LogP contribution is 2.51. The SMILES string of the molecule is CN1[C@@H]2CC[C@@H]1[C@H]1N=NN(c3cc(C(F)(F)F)cc(C(F)(F)F)c3)[C@]1(N1CCOCC1)C2. The lowest BCUT2D eigenvalue weighted by Gasteiger charge is -2.55. The molecule has 0 unspecified atom stereocenters. The molecule has 4 aliphatic heterocycles. The zero-order valence-corrected chi connectivity index (χ0v) is 17.3. The van der Waals surface area contributed by atoms with Crippen molar-refractivity contribution in [3.05, 3.63) is 29.3 Å². The van der Waals surface area contributed by atoms with Gasteiger partial charge in [0.05, 0.1) is 30.0 Å². The van der Waals surface area contributed by atoms with Gasteiger partial charge in [-0.05, 0) is 38.1 Å². The smallest absolute Gasteiger partial charge is 0.379 e. The fourth-order valence-corrected chi connectivity index (χ4v) is 5.75. The fraction of sp³-hybridized carbons (Fsp3) is 0.700. The topological polar surface area (TPSA) is 43.7 Å². The number of hydrogen-bond donors (Lipinski definition) is 0. The first-order valence-corrected chi connectivity index (χ1v) is 10.6. The van der Waals surface area contributed by atoms with Gasteiger partial charge < -0.3 is 4.74 Å². The second kappa shape index (κ2) is 7.29. The number of alkyl halides is 6. The number of likely N-dealkylation sites (N-methyl/N-ethyl adjacent to an activating group) is 1. The van der Waals surface area contributed by atoms with E-state index in [2.05, 4.69) is 20.1 Å². The highest BCUT2D eigenvalue weighted by atomic mass is 19.4. The van der Waals surface area contributed by atoms with Crippen LogP contribution in [0.4, 0.5) is 32.0 Å². The van der Waals surface area contributed by atoms with Gasteiger partial charge in [0.15, 0.2) is 0 Å². The zero-order valence-electron chi connectivity index (χ0n) is 17.3. The van der Waals surface area contributed by atoms with Crippen molar-refractivity contribution in [3.8, 4) is 0 Å². The largest absolute Gasteiger partial charge is 0.416 e. The number of rotatable bonds is 2. The molecule has 4 heterocycles. The van der Waals surface area contributed by atoms with Crippen LogP contribution in [0.1, 0.15) is 30.4 Å². The Morgan fingerprint density at radius 2 is 1.59 bits per heavy atom. The van der Waals surface area contributed by atoms with E-state index in [0.717, 1.165) is 25.0 Å². The minimum atomic E-state index is -4.93. The van der Waals surface area contributed by atoms with Crippen LogP contribution in [0.15, 0.2) is 28.5 Å². The Kier molecular flexibility index (Phi) is 4.99. The molecule has 12 heteroatoms. The first-order valence-electron chi connectivity index (χ1n) is 10.6. The normalized spacial score (nSPS) is 33.7. The van der Waals surface area contributed by atoms with Crippen molar-refractivity contribution in [2.24, 2.45) is 10.3 Å². The van der Waals surface area contributed by atoms with E-state index < -0.39 is 29.1 Å². The predicted octanol–water partition coefficient (Wildman–Crippen LogP) is 4.18. The molecule has 0 saturated carbocycles. The molecule has 6 nitrogen and oxygen atoms in total. The van der Waals surface area contributed by atoms with Gasteiger partial charge in [-0.15, -0.1) is 0 Å². The summed E-state index contributed by atoms with van der Waals surface area (Å²) >= 11 is 0. The maximum atomic E-state index is 13.5. The summed E-state index contributed by atoms with van der Waals surface area (Å²) in [6.07, 6.45) is -7.56. The Morgan fingerprint density at radius 1 is 0.969 bits per heavy atom. The van der Waals surface area contributed by atoms with Crippen molar-refractivity contribution in [1.29, 1.82) is 0 Å². The van der Waals surface area contributed by atoms with Gasteiger partial charge in [-0.2, -0.15) is 31.5 Å². The van der Waals surface area contributed by atoms with E-state index >= 15 is 0 Å². The average molecular weight is 463 g/mol. The number of hydrogen-bond acceptors (Lipinski definition) is 6. The second-order valence-corrected chi connectivity index (χ2v) is 8.87. The molecule has 1 aromatic rings. The number of piperidine rings is 1. The van der Waals surface area contributed by atoms with E-state index in [1.807, 2.05) is 7.05 Å². The number of nitrogens with zero attached hydrogens (tertiary/aromatic N) is 5. The van der Waals surface area contributed by atoms with Gasteiger partial charge in [0.2, 0.25) is 0 Å². The van der Waals surface area contributed by atoms with Crippen LogP contribution >= 0.6 is 0 Å². The molecule has 3 saturated heterocycles. The Balaban J connectivity index is 1.65. The van der Waals surface area contributed by atoms with Crippen molar-refractivity contribution in [3.63, 3.8) is 0 Å². The number of morpholine rings is 1. The molecular weight excluding hydrogens is 440 g/mol. The highest BCUT2D eigenvalue weighted by Gasteiger charge is 2.63. The van der Waals surface area contributed by atoms with Crippen LogP contribution < -0.4 is 5.01 Å². The third-order valence-corrected chi connectivity index (χ3v) is 7.28. The molecule has 0 N–H and O–H groups in total. The van der Waals surface area contributed by atoms with Crippen LogP contribution in [0, 0.1) is 0 Å². The number of anilines is 1. The molecule has 0 radical (unpaired) electrons. The number of fused-ring (bicyclic) bond motifs is 4. The van der Waals surface area contributed by atoms with Crippen molar-refractivity contribution in [2.75, 3.05) is 38.4 Å². The van der Waals surface area contributed by atoms with Gasteiger partial charge in [0, 0.05) is 31.6 Å². The quantitative estimate of drug-likeness (QED) is 0.618. The lowest BCUT2D eigenvalue weighted by molar-refractivity contribution is -0.143. The summed E-state index contributed by atoms with van der Waals surface area (Å²) in [7, 11) is 2.00. The van der Waals surface area contributed by atoms with E-state index in [1.54, 1.807) is 0 Å². The Morgan fingerprint density at radius 3 is 2.19 bits per heavy atom. The van der Waals surface area contributed by atoms with Gasteiger partial charge in [-0.3, -0.25) is 9.80 Å². The third-order valence-electron chi connectivity index (χ3n) is 7.28. The minimum Gasteiger partial charge on any atom is -0.379 e. The molecule has 0 amide bonds. The zero-order chi connectivity index (χ0) is 22.9. The molecule has 2 bridgehead atoms. The summed E-state index contributed by atoms with van der Waals surface area (Å²) in [5, 5.41) is 9.98. The van der Waals surface area contributed by atoms with E-state index in [-0.39, 0.29) is 29.9 Å². The first kappa shape index (κ1) is 21.9. The summed E-state index contributed by atoms with van der Waals surface area (Å²) in [6, 6.07) is 1.44. The molecule has 4 aliphatic rings. The molecule has 4 atom stereocenters. The summed E-state index contributed by atoms with van der Waals surface area (Å²) in [5.74, 6) is 0. The first-order chi connectivity index (χ1) is 15.0. The lowest BCUT2D eigenvalue weighted by Crippen LogP contribution is -2.72. The van der Waals surface area contributed by atoms with E-state index in [1.165, 1.54) is 5.01 Å². The molecule has 32 heavy (non-hydrogen) atoms. The van der Waals surface area contributed by atoms with Crippen LogP contribution in [0.3, 0.4) is 0 Å². The van der Waals surface area contributed by atoms with Crippen molar-refractivity contribution >= 4 is 5.69 Å². The van der Waals surface area contributed by atoms with Gasteiger partial charge >= 0.3 is 12.4 Å². The standard InChI is InChI=1S/C20H23F6N5O/c1-29-14-2-3-16(29)17-18(11-14,30-4-6-32-7-5-30)31(28-27-17)15-9-12(19(21,22)23)8-13(10-15)20(24,25)26/h8-10,14,16-17H,2-7,11H2,1H3/t14-,16-,17-,18-/m1/s1. The average Bonchev–Trinajstić information content (AvgIpc) is 3.24. The number of halogens is 6. The molecule has 0 spiro atoms. The van der Waals surface area contributed by atoms with Crippen LogP contribution in [0.25, 0.3) is 0 Å². The molecule has 5 rings (SSSR count). The van der Waals surface area contributed by atoms with E-state index in [0.29, 0.717) is 32.7 Å². The fourth-order valence-electron chi connectivity index (χ4n) is 5.75. The van der Waals surface area contributed by atoms with Gasteiger partial charge in [0.1, 0.15) is 11.7 Å². The van der Waals surface area contributed by atoms with Crippen molar-refractivity contribution < 1.29 is 31.1 Å². The second-order valence-electron chi connectivity index (χ2n) is 8.87. The van der Waals surface area contributed by atoms with Crippen LogP contribution in [0.2, 0.25) is 0 Å². The Labute approximate surface area is 180 Å². The number of ether oxygens (including phenoxy) is 1. The predicted molar refractivity (Wildman–Crippen MR) is 102 cm³/mol. The van der Waals surface area contributed by atoms with Crippen LogP contribution in [-0.4, -0.2) is 66.9 Å². The molecular formula is C20H23F6N5O. The summed E-state index contributed by atoms with van der Waals surface area (Å²) < 4.78 is 86.6. The molecule has 176 valence electrons. The van der Waals surface area contributed by atoms with Crippen LogP contribution in [-0.2, 0) is 17.1 Å². The molecule has 1 aromatic carbocycles. The minimum absolute atomic E-state index is 0.0261. The summed E-state index contributed by atoms with van der Waals surface area (Å²) in [6.45, 7) is 1.88. The van der Waals surface area contributed by atoms with E-state index in [9.17, 15) is 26.3 Å². The Bertz CT molecular complexity index is 882. The maximum Gasteiger partial charge on any atom is 0.416 e. The summed E-state index contributed by atoms with van der Waals surface area (Å²) in [4.78, 5) is 4.31. The highest BCUT2D eigenvalue weighted by molar-refractivity contribution is 5.55. The van der Waals surface area contributed by atoms with Gasteiger partial charge in [0.25, 0.3) is 0 Å². The lowest BCUT2D eigenvalue weighted by atomic mass is 9.83. The molecule has 3 fully saturated rings. The van der Waals surface area contributed by atoms with Crippen molar-refractivity contribution in [2.45, 2.75) is 55.4 Å². The molecule has 0 aromatic heterocycles. The van der Waals surface area contributed by atoms with Gasteiger partial charge in [-0.25, -0.2) is 5.01 Å².